The molecule has 0 aromatic heterocycles. The van der Waals surface area contributed by atoms with E-state index < -0.39 is 64.9 Å². The molecule has 0 saturated carbocycles. The summed E-state index contributed by atoms with van der Waals surface area (Å²) in [5, 5.41) is 2.50. The van der Waals surface area contributed by atoms with Gasteiger partial charge in [-0.1, -0.05) is 36.4 Å². The summed E-state index contributed by atoms with van der Waals surface area (Å²) in [6, 6.07) is 13.0. The summed E-state index contributed by atoms with van der Waals surface area (Å²) in [5.74, 6) is 0.343. The molecule has 1 N–H and O–H groups in total. The van der Waals surface area contributed by atoms with E-state index in [0.717, 1.165) is 28.8 Å². The number of carbonyl (C=O) groups is 1. The van der Waals surface area contributed by atoms with Gasteiger partial charge < -0.3 is 15.0 Å². The molecule has 0 aliphatic carbocycles. The minimum Gasteiger partial charge on any atom is -0.496 e. The zero-order chi connectivity index (χ0) is 34.8. The fraction of sp³-hybridized carbons (Fsp3) is 0.286. The topological polar surface area (TPSA) is 41.6 Å². The highest BCUT2D eigenvalue weighted by Gasteiger charge is 2.50. The highest BCUT2D eigenvalue weighted by Crippen LogP contribution is 2.50. The van der Waals surface area contributed by atoms with Crippen molar-refractivity contribution in [3.05, 3.63) is 112 Å². The van der Waals surface area contributed by atoms with Gasteiger partial charge in [-0.15, -0.1) is 0 Å². The summed E-state index contributed by atoms with van der Waals surface area (Å²) in [6.45, 7) is 1.91. The van der Waals surface area contributed by atoms with Crippen LogP contribution in [0.3, 0.4) is 0 Å². The van der Waals surface area contributed by atoms with Crippen LogP contribution in [-0.2, 0) is 18.5 Å². The van der Waals surface area contributed by atoms with Gasteiger partial charge in [-0.2, -0.15) is 39.5 Å². The molecule has 4 aromatic carbocycles. The van der Waals surface area contributed by atoms with Crippen molar-refractivity contribution in [3.8, 4) is 28.0 Å². The van der Waals surface area contributed by atoms with Crippen molar-refractivity contribution >= 4 is 6.03 Å². The quantitative estimate of drug-likeness (QED) is 0.214. The Hall–Kier alpha value is -4.68. The molecule has 0 radical (unpaired) electrons. The van der Waals surface area contributed by atoms with Gasteiger partial charge >= 0.3 is 24.6 Å². The maximum atomic E-state index is 14.1. The van der Waals surface area contributed by atoms with E-state index in [1.54, 1.807) is 12.1 Å². The molecular weight excluding hydrogens is 651 g/mol. The molecule has 252 valence electrons. The number of ether oxygens (including phenoxy) is 1. The van der Waals surface area contributed by atoms with Gasteiger partial charge in [0.2, 0.25) is 0 Å². The Balaban J connectivity index is 1.47. The third kappa shape index (κ3) is 6.06. The van der Waals surface area contributed by atoms with E-state index in [2.05, 4.69) is 5.32 Å². The Morgan fingerprint density at radius 2 is 1.35 bits per heavy atom. The van der Waals surface area contributed by atoms with Gasteiger partial charge in [-0.05, 0) is 95.6 Å². The fourth-order valence-electron chi connectivity index (χ4n) is 6.77. The first-order chi connectivity index (χ1) is 22.5. The lowest BCUT2D eigenvalue weighted by atomic mass is 9.89. The predicted molar refractivity (Wildman–Crippen MR) is 159 cm³/mol. The van der Waals surface area contributed by atoms with Crippen LogP contribution in [0.1, 0.15) is 58.3 Å². The smallest absolute Gasteiger partial charge is 0.416 e. The Kier molecular flexibility index (Phi) is 8.15. The zero-order valence-corrected chi connectivity index (χ0v) is 25.3. The first-order valence-electron chi connectivity index (χ1n) is 14.8. The predicted octanol–water partition coefficient (Wildman–Crippen LogP) is 10.4. The zero-order valence-electron chi connectivity index (χ0n) is 25.3. The average molecular weight is 679 g/mol. The second kappa shape index (κ2) is 11.8. The van der Waals surface area contributed by atoms with Gasteiger partial charge in [-0.3, -0.25) is 0 Å². The number of hydrogen-bond donors (Lipinski definition) is 1. The molecule has 0 bridgehead atoms. The molecule has 2 fully saturated rings. The molecule has 2 amide bonds. The molecule has 6 rings (SSSR count). The number of nitrogens with one attached hydrogen (secondary N) is 1. The molecule has 13 heteroatoms. The summed E-state index contributed by atoms with van der Waals surface area (Å²) in [6.07, 6.45) is -14.7. The second-order valence-corrected chi connectivity index (χ2v) is 11.9. The number of urea groups is 1. The van der Waals surface area contributed by atoms with Crippen LogP contribution in [0.5, 0.6) is 5.75 Å². The third-order valence-corrected chi connectivity index (χ3v) is 8.98. The van der Waals surface area contributed by atoms with Gasteiger partial charge in [-0.25, -0.2) is 4.79 Å². The molecule has 2 aliphatic heterocycles. The third-order valence-electron chi connectivity index (χ3n) is 8.98. The molecule has 48 heavy (non-hydrogen) atoms. The largest absolute Gasteiger partial charge is 0.496 e. The van der Waals surface area contributed by atoms with Crippen LogP contribution < -0.4 is 10.1 Å². The monoisotopic (exact) mass is 678 g/mol. The van der Waals surface area contributed by atoms with Crippen LogP contribution in [-0.4, -0.2) is 24.1 Å². The molecule has 3 atom stereocenters. The second-order valence-electron chi connectivity index (χ2n) is 11.9. The van der Waals surface area contributed by atoms with E-state index >= 15 is 0 Å². The first kappa shape index (κ1) is 33.2. The van der Waals surface area contributed by atoms with E-state index in [1.165, 1.54) is 18.1 Å². The Morgan fingerprint density at radius 3 is 1.96 bits per heavy atom. The summed E-state index contributed by atoms with van der Waals surface area (Å²) in [7, 11) is 1.41. The number of nitrogens with zero attached hydrogens (tertiary/aromatic N) is 1. The SMILES string of the molecule is COc1ccc(-c2ccccc2C)cc1-c1ccc(C(F)(F)F)cc1[C@@H]1CC[C@H]2[C@@H](c3cc(C(F)(F)F)cc(C(F)(F)F)c3)NC(=O)N12. The summed E-state index contributed by atoms with van der Waals surface area (Å²) < 4.78 is 130. The molecule has 2 saturated heterocycles. The number of amides is 2. The van der Waals surface area contributed by atoms with Crippen LogP contribution in [0.15, 0.2) is 78.9 Å². The lowest BCUT2D eigenvalue weighted by Crippen LogP contribution is -2.32. The molecule has 4 nitrogen and oxygen atoms in total. The number of aryl methyl sites for hydroxylation is 1. The van der Waals surface area contributed by atoms with Gasteiger partial charge in [0.15, 0.2) is 0 Å². The van der Waals surface area contributed by atoms with Crippen molar-refractivity contribution in [2.24, 2.45) is 0 Å². The van der Waals surface area contributed by atoms with E-state index in [4.69, 9.17) is 4.74 Å². The molecule has 0 unspecified atom stereocenters. The van der Waals surface area contributed by atoms with Crippen molar-refractivity contribution in [2.75, 3.05) is 7.11 Å². The van der Waals surface area contributed by atoms with E-state index in [0.29, 0.717) is 29.0 Å². The Bertz CT molecular complexity index is 1850. The molecular formula is C35H27F9N2O2. The number of benzene rings is 4. The summed E-state index contributed by atoms with van der Waals surface area (Å²) in [5.41, 5.74) is -1.00. The molecule has 2 heterocycles. The maximum Gasteiger partial charge on any atom is 0.416 e. The minimum atomic E-state index is -5.10. The number of fused-ring (bicyclic) bond motifs is 1. The van der Waals surface area contributed by atoms with Gasteiger partial charge in [0.1, 0.15) is 5.75 Å². The summed E-state index contributed by atoms with van der Waals surface area (Å²) >= 11 is 0. The minimum absolute atomic E-state index is 0.00283. The molecule has 2 aliphatic rings. The number of carbonyl (C=O) groups excluding carboxylic acids is 1. The number of hydrogen-bond acceptors (Lipinski definition) is 2. The van der Waals surface area contributed by atoms with E-state index in [-0.39, 0.29) is 24.5 Å². The van der Waals surface area contributed by atoms with Crippen LogP contribution in [0.4, 0.5) is 44.3 Å². The average Bonchev–Trinajstić information content (AvgIpc) is 3.60. The normalized spacial score (nSPS) is 19.8. The highest BCUT2D eigenvalue weighted by atomic mass is 19.4. The van der Waals surface area contributed by atoms with Crippen molar-refractivity contribution in [1.82, 2.24) is 10.2 Å². The fourth-order valence-corrected chi connectivity index (χ4v) is 6.77. The lowest BCUT2D eigenvalue weighted by Gasteiger charge is -2.28. The Morgan fingerprint density at radius 1 is 0.708 bits per heavy atom. The standard InChI is InChI=1S/C35H27F9N2O2/c1-18-5-3-4-6-24(18)19-7-12-30(48-2)27(15-19)25-9-8-21(33(36,37)38)17-26(25)28-10-11-29-31(45-32(47)46(28)29)20-13-22(34(39,40)41)16-23(14-20)35(42,43)44/h3-9,12-17,28-29,31H,10-11H2,1-2H3,(H,45,47)/t28-,29-,31+/m0/s1. The molecule has 4 aromatic rings. The maximum absolute atomic E-state index is 14.1. The lowest BCUT2D eigenvalue weighted by molar-refractivity contribution is -0.143. The van der Waals surface area contributed by atoms with Crippen molar-refractivity contribution in [3.63, 3.8) is 0 Å². The van der Waals surface area contributed by atoms with Crippen LogP contribution >= 0.6 is 0 Å². The van der Waals surface area contributed by atoms with Crippen LogP contribution in [0.2, 0.25) is 0 Å². The number of halogens is 9. The van der Waals surface area contributed by atoms with Crippen molar-refractivity contribution < 1.29 is 49.0 Å². The molecule has 0 spiro atoms. The van der Waals surface area contributed by atoms with Crippen molar-refractivity contribution in [1.29, 1.82) is 0 Å². The summed E-state index contributed by atoms with van der Waals surface area (Å²) in [4.78, 5) is 14.7. The number of rotatable bonds is 5. The van der Waals surface area contributed by atoms with Crippen molar-refractivity contribution in [2.45, 2.75) is 56.4 Å². The van der Waals surface area contributed by atoms with Crippen LogP contribution in [0, 0.1) is 6.92 Å². The van der Waals surface area contributed by atoms with Gasteiger partial charge in [0.25, 0.3) is 0 Å². The van der Waals surface area contributed by atoms with Gasteiger partial charge in [0.05, 0.1) is 41.9 Å². The highest BCUT2D eigenvalue weighted by molar-refractivity contribution is 5.83. The Labute approximate surface area is 269 Å². The number of methoxy groups -OCH3 is 1. The first-order valence-corrected chi connectivity index (χ1v) is 14.8. The van der Waals surface area contributed by atoms with E-state index in [9.17, 15) is 44.3 Å². The van der Waals surface area contributed by atoms with Gasteiger partial charge in [0, 0.05) is 5.56 Å². The van der Waals surface area contributed by atoms with Crippen LogP contribution in [0.25, 0.3) is 22.3 Å². The van der Waals surface area contributed by atoms with E-state index in [1.807, 2.05) is 37.3 Å². The number of alkyl halides is 9.